The number of aliphatic hydroxyl groups excluding tert-OH is 1. The van der Waals surface area contributed by atoms with Crippen LogP contribution in [0.2, 0.25) is 0 Å². The summed E-state index contributed by atoms with van der Waals surface area (Å²) < 4.78 is 5.99. The molecule has 0 saturated heterocycles. The first-order valence-corrected chi connectivity index (χ1v) is 8.93. The van der Waals surface area contributed by atoms with Gasteiger partial charge in [0.2, 0.25) is 5.78 Å². The Morgan fingerprint density at radius 3 is 2.56 bits per heavy atom. The van der Waals surface area contributed by atoms with Gasteiger partial charge >= 0.3 is 0 Å². The molecule has 136 valence electrons. The molecule has 3 unspecified atom stereocenters. The predicted molar refractivity (Wildman–Crippen MR) is 98.4 cm³/mol. The molecule has 1 aromatic rings. The Hall–Kier alpha value is -1.94. The second-order valence-electron chi connectivity index (χ2n) is 7.20. The molecule has 0 saturated carbocycles. The summed E-state index contributed by atoms with van der Waals surface area (Å²) in [4.78, 5) is 25.0. The van der Waals surface area contributed by atoms with Crippen LogP contribution in [0, 0.1) is 12.8 Å². The van der Waals surface area contributed by atoms with E-state index in [0.29, 0.717) is 23.3 Å². The lowest BCUT2D eigenvalue weighted by molar-refractivity contribution is 0.0744. The van der Waals surface area contributed by atoms with Crippen LogP contribution in [0.1, 0.15) is 73.7 Å². The zero-order chi connectivity index (χ0) is 18.9. The minimum atomic E-state index is -1.15. The molecule has 0 fully saturated rings. The van der Waals surface area contributed by atoms with Crippen LogP contribution in [0.15, 0.2) is 23.8 Å². The molecule has 1 aromatic carbocycles. The van der Waals surface area contributed by atoms with E-state index in [4.69, 9.17) is 4.74 Å². The van der Waals surface area contributed by atoms with Crippen molar-refractivity contribution < 1.29 is 19.4 Å². The summed E-state index contributed by atoms with van der Waals surface area (Å²) in [5, 5.41) is 10.4. The Labute approximate surface area is 149 Å². The Morgan fingerprint density at radius 1 is 1.36 bits per heavy atom. The largest absolute Gasteiger partial charge is 0.474 e. The van der Waals surface area contributed by atoms with E-state index < -0.39 is 11.7 Å². The number of ether oxygens (including phenoxy) is 1. The molecular weight excluding hydrogens is 316 g/mol. The topological polar surface area (TPSA) is 63.6 Å². The third kappa shape index (κ3) is 3.54. The first-order valence-electron chi connectivity index (χ1n) is 8.93. The monoisotopic (exact) mass is 344 g/mol. The SMILES string of the molecule is CCC(=O)c1cc(C)c2c(c1)C(=O)C(C)(C=C(C)C(O)C(C)CC)O2. The van der Waals surface area contributed by atoms with Gasteiger partial charge in [-0.3, -0.25) is 9.59 Å². The first-order chi connectivity index (χ1) is 11.6. The van der Waals surface area contributed by atoms with Crippen molar-refractivity contribution >= 4 is 11.6 Å². The van der Waals surface area contributed by atoms with Crippen molar-refractivity contribution in [2.75, 3.05) is 0 Å². The number of carbonyl (C=O) groups is 2. The van der Waals surface area contributed by atoms with Gasteiger partial charge in [-0.05, 0) is 56.0 Å². The van der Waals surface area contributed by atoms with Gasteiger partial charge in [-0.2, -0.15) is 0 Å². The average Bonchev–Trinajstić information content (AvgIpc) is 2.84. The van der Waals surface area contributed by atoms with Gasteiger partial charge in [0.1, 0.15) is 5.75 Å². The number of benzene rings is 1. The van der Waals surface area contributed by atoms with Crippen LogP contribution in [0.3, 0.4) is 0 Å². The summed E-state index contributed by atoms with van der Waals surface area (Å²) in [6.07, 6.45) is 2.34. The maximum Gasteiger partial charge on any atom is 0.213 e. The van der Waals surface area contributed by atoms with E-state index in [2.05, 4.69) is 0 Å². The number of carbonyl (C=O) groups excluding carboxylic acids is 2. The lowest BCUT2D eigenvalue weighted by Crippen LogP contribution is -2.35. The highest BCUT2D eigenvalue weighted by Crippen LogP contribution is 2.40. The van der Waals surface area contributed by atoms with Crippen LogP contribution in [-0.4, -0.2) is 28.4 Å². The number of aryl methyl sites for hydroxylation is 1. The summed E-state index contributed by atoms with van der Waals surface area (Å²) in [5.41, 5.74) is 1.33. The predicted octanol–water partition coefficient (Wildman–Crippen LogP) is 4.27. The number of hydrogen-bond acceptors (Lipinski definition) is 4. The smallest absolute Gasteiger partial charge is 0.213 e. The number of hydrogen-bond donors (Lipinski definition) is 1. The molecule has 0 radical (unpaired) electrons. The van der Waals surface area contributed by atoms with Gasteiger partial charge in [-0.15, -0.1) is 0 Å². The molecule has 0 amide bonds. The van der Waals surface area contributed by atoms with E-state index >= 15 is 0 Å². The van der Waals surface area contributed by atoms with Crippen LogP contribution in [-0.2, 0) is 0 Å². The maximum atomic E-state index is 13.0. The van der Waals surface area contributed by atoms with Crippen molar-refractivity contribution in [1.29, 1.82) is 0 Å². The summed E-state index contributed by atoms with van der Waals surface area (Å²) in [7, 11) is 0. The van der Waals surface area contributed by atoms with E-state index in [0.717, 1.165) is 17.6 Å². The summed E-state index contributed by atoms with van der Waals surface area (Å²) in [6.45, 7) is 11.2. The molecule has 1 N–H and O–H groups in total. The minimum absolute atomic E-state index is 0.00576. The second kappa shape index (κ2) is 7.12. The number of fused-ring (bicyclic) bond motifs is 1. The lowest BCUT2D eigenvalue weighted by atomic mass is 9.89. The van der Waals surface area contributed by atoms with Crippen LogP contribution in [0.25, 0.3) is 0 Å². The highest BCUT2D eigenvalue weighted by molar-refractivity contribution is 6.10. The summed E-state index contributed by atoms with van der Waals surface area (Å²) in [5.74, 6) is 0.467. The molecule has 1 aliphatic heterocycles. The van der Waals surface area contributed by atoms with Gasteiger partial charge < -0.3 is 9.84 Å². The fourth-order valence-corrected chi connectivity index (χ4v) is 3.26. The maximum absolute atomic E-state index is 13.0. The Bertz CT molecular complexity index is 732. The van der Waals surface area contributed by atoms with Crippen LogP contribution in [0.4, 0.5) is 0 Å². The highest BCUT2D eigenvalue weighted by atomic mass is 16.5. The van der Waals surface area contributed by atoms with Gasteiger partial charge in [0.15, 0.2) is 11.4 Å². The van der Waals surface area contributed by atoms with Crippen molar-refractivity contribution in [3.63, 3.8) is 0 Å². The molecule has 1 aliphatic rings. The molecule has 0 bridgehead atoms. The molecule has 0 spiro atoms. The average molecular weight is 344 g/mol. The Balaban J connectivity index is 2.42. The van der Waals surface area contributed by atoms with Crippen molar-refractivity contribution in [2.24, 2.45) is 5.92 Å². The minimum Gasteiger partial charge on any atom is -0.474 e. The van der Waals surface area contributed by atoms with Crippen molar-refractivity contribution in [2.45, 2.75) is 66.1 Å². The van der Waals surface area contributed by atoms with Crippen molar-refractivity contribution in [3.05, 3.63) is 40.5 Å². The molecule has 1 heterocycles. The van der Waals surface area contributed by atoms with Crippen molar-refractivity contribution in [1.82, 2.24) is 0 Å². The number of rotatable bonds is 6. The zero-order valence-corrected chi connectivity index (χ0v) is 16.0. The fourth-order valence-electron chi connectivity index (χ4n) is 3.26. The third-order valence-electron chi connectivity index (χ3n) is 5.08. The summed E-state index contributed by atoms with van der Waals surface area (Å²) >= 11 is 0. The number of ketones is 2. The van der Waals surface area contributed by atoms with Crippen LogP contribution < -0.4 is 4.74 Å². The molecule has 3 atom stereocenters. The molecule has 4 nitrogen and oxygen atoms in total. The van der Waals surface area contributed by atoms with Gasteiger partial charge in [0, 0.05) is 12.0 Å². The molecule has 0 aliphatic carbocycles. The zero-order valence-electron chi connectivity index (χ0n) is 16.0. The second-order valence-corrected chi connectivity index (χ2v) is 7.20. The van der Waals surface area contributed by atoms with Crippen LogP contribution in [0.5, 0.6) is 5.75 Å². The fraction of sp³-hybridized carbons (Fsp3) is 0.524. The van der Waals surface area contributed by atoms with Crippen molar-refractivity contribution in [3.8, 4) is 5.75 Å². The quantitative estimate of drug-likeness (QED) is 0.618. The van der Waals surface area contributed by atoms with E-state index in [-0.39, 0.29) is 17.5 Å². The standard InChI is InChI=1S/C21H28O4/c1-7-12(3)18(23)14(5)11-21(6)20(24)16-10-15(17(22)8-2)9-13(4)19(16)25-21/h9-12,18,23H,7-8H2,1-6H3. The molecular formula is C21H28O4. The van der Waals surface area contributed by atoms with Gasteiger partial charge in [0.25, 0.3) is 0 Å². The first kappa shape index (κ1) is 19.4. The van der Waals surface area contributed by atoms with E-state index in [1.54, 1.807) is 32.1 Å². The van der Waals surface area contributed by atoms with Gasteiger partial charge in [0.05, 0.1) is 11.7 Å². The van der Waals surface area contributed by atoms with E-state index in [1.807, 2.05) is 27.7 Å². The van der Waals surface area contributed by atoms with Gasteiger partial charge in [-0.25, -0.2) is 0 Å². The Morgan fingerprint density at radius 2 is 2.00 bits per heavy atom. The number of Topliss-reactive ketones (excluding diaryl/α,β-unsaturated/α-hetero) is 2. The normalized spacial score (nSPS) is 22.4. The number of aliphatic hydroxyl groups is 1. The molecule has 4 heteroatoms. The third-order valence-corrected chi connectivity index (χ3v) is 5.08. The molecule has 25 heavy (non-hydrogen) atoms. The Kier molecular flexibility index (Phi) is 5.52. The molecule has 0 aromatic heterocycles. The summed E-state index contributed by atoms with van der Waals surface area (Å²) in [6, 6.07) is 3.41. The van der Waals surface area contributed by atoms with E-state index in [9.17, 15) is 14.7 Å². The lowest BCUT2D eigenvalue weighted by Gasteiger charge is -2.23. The van der Waals surface area contributed by atoms with E-state index in [1.165, 1.54) is 0 Å². The van der Waals surface area contributed by atoms with Crippen LogP contribution >= 0.6 is 0 Å². The molecule has 2 rings (SSSR count). The van der Waals surface area contributed by atoms with Gasteiger partial charge in [-0.1, -0.05) is 27.2 Å². The highest BCUT2D eigenvalue weighted by Gasteiger charge is 2.43.